The molecule has 1 heterocycles. The van der Waals surface area contributed by atoms with Crippen LogP contribution < -0.4 is 0 Å². The lowest BCUT2D eigenvalue weighted by molar-refractivity contribution is -0.135. The number of amides is 2. The number of likely N-dealkylation sites (N-methyl/N-ethyl adjacent to an activating group) is 1. The van der Waals surface area contributed by atoms with Crippen molar-refractivity contribution in [2.75, 3.05) is 13.6 Å². The third-order valence-corrected chi connectivity index (χ3v) is 3.91. The number of nitrogens with zero attached hydrogens (tertiary/aromatic N) is 2. The Morgan fingerprint density at radius 2 is 2.00 bits per heavy atom. The summed E-state index contributed by atoms with van der Waals surface area (Å²) >= 11 is 0. The van der Waals surface area contributed by atoms with Gasteiger partial charge < -0.3 is 9.64 Å². The fourth-order valence-electron chi connectivity index (χ4n) is 2.78. The number of carbonyl (C=O) groups excluding carboxylic acids is 2. The van der Waals surface area contributed by atoms with Crippen LogP contribution in [0.2, 0.25) is 0 Å². The molecule has 1 aliphatic rings. The van der Waals surface area contributed by atoms with Crippen LogP contribution >= 0.6 is 0 Å². The minimum Gasteiger partial charge on any atom is -0.444 e. The molecule has 132 valence electrons. The molecule has 6 heteroatoms. The van der Waals surface area contributed by atoms with Gasteiger partial charge in [0, 0.05) is 25.7 Å². The summed E-state index contributed by atoms with van der Waals surface area (Å²) in [7, 11) is 1.63. The Bertz CT molecular complexity index is 613. The molecule has 1 fully saturated rings. The van der Waals surface area contributed by atoms with Crippen LogP contribution in [0.4, 0.5) is 9.18 Å². The monoisotopic (exact) mass is 336 g/mol. The van der Waals surface area contributed by atoms with Crippen LogP contribution in [-0.4, -0.2) is 47.0 Å². The van der Waals surface area contributed by atoms with E-state index in [1.165, 1.54) is 15.9 Å². The quantitative estimate of drug-likeness (QED) is 0.852. The van der Waals surface area contributed by atoms with Gasteiger partial charge in [0.15, 0.2) is 0 Å². The Balaban J connectivity index is 2.04. The highest BCUT2D eigenvalue weighted by atomic mass is 19.1. The molecule has 24 heavy (non-hydrogen) atoms. The number of likely N-dealkylation sites (tertiary alicyclic amines) is 1. The minimum absolute atomic E-state index is 0.171. The molecule has 0 radical (unpaired) electrons. The summed E-state index contributed by atoms with van der Waals surface area (Å²) in [6.45, 7) is 6.05. The van der Waals surface area contributed by atoms with Gasteiger partial charge in [0.25, 0.3) is 0 Å². The van der Waals surface area contributed by atoms with Crippen LogP contribution in [0, 0.1) is 5.82 Å². The van der Waals surface area contributed by atoms with Crippen LogP contribution in [-0.2, 0) is 16.1 Å². The first-order valence-corrected chi connectivity index (χ1v) is 8.17. The zero-order valence-corrected chi connectivity index (χ0v) is 14.7. The van der Waals surface area contributed by atoms with Crippen molar-refractivity contribution in [3.05, 3.63) is 35.6 Å². The number of hydrogen-bond donors (Lipinski definition) is 0. The number of rotatable bonds is 3. The molecule has 0 saturated carbocycles. The first-order chi connectivity index (χ1) is 11.2. The summed E-state index contributed by atoms with van der Waals surface area (Å²) in [6, 6.07) is 5.83. The summed E-state index contributed by atoms with van der Waals surface area (Å²) in [5.41, 5.74) is -0.151. The van der Waals surface area contributed by atoms with Crippen LogP contribution in [0.3, 0.4) is 0 Å². The first-order valence-electron chi connectivity index (χ1n) is 8.17. The van der Waals surface area contributed by atoms with E-state index in [1.54, 1.807) is 46.0 Å². The van der Waals surface area contributed by atoms with E-state index in [0.717, 1.165) is 6.42 Å². The fourth-order valence-corrected chi connectivity index (χ4v) is 2.78. The minimum atomic E-state index is -0.605. The average molecular weight is 336 g/mol. The second-order valence-electron chi connectivity index (χ2n) is 7.12. The smallest absolute Gasteiger partial charge is 0.410 e. The van der Waals surface area contributed by atoms with Crippen molar-refractivity contribution in [2.24, 2.45) is 0 Å². The summed E-state index contributed by atoms with van der Waals surface area (Å²) in [6.07, 6.45) is 0.876. The van der Waals surface area contributed by atoms with Gasteiger partial charge in [0.05, 0.1) is 0 Å². The third kappa shape index (κ3) is 4.46. The lowest BCUT2D eigenvalue weighted by atomic mass is 10.1. The molecule has 2 rings (SSSR count). The Morgan fingerprint density at radius 1 is 1.33 bits per heavy atom. The maximum atomic E-state index is 13.8. The Kier molecular flexibility index (Phi) is 5.47. The molecule has 1 atom stereocenters. The molecular weight excluding hydrogens is 311 g/mol. The topological polar surface area (TPSA) is 49.9 Å². The van der Waals surface area contributed by atoms with E-state index in [1.807, 2.05) is 0 Å². The van der Waals surface area contributed by atoms with E-state index >= 15 is 0 Å². The molecule has 0 spiro atoms. The molecule has 1 aliphatic heterocycles. The highest BCUT2D eigenvalue weighted by Crippen LogP contribution is 2.23. The van der Waals surface area contributed by atoms with Crippen molar-refractivity contribution >= 4 is 12.0 Å². The second kappa shape index (κ2) is 7.20. The fraction of sp³-hybridized carbons (Fsp3) is 0.556. The highest BCUT2D eigenvalue weighted by Gasteiger charge is 2.37. The van der Waals surface area contributed by atoms with Gasteiger partial charge in [-0.05, 0) is 39.7 Å². The SMILES string of the molecule is CN(Cc1ccccc1F)C(=O)C1CCCN1C(=O)OC(C)(C)C. The predicted octanol–water partition coefficient (Wildman–Crippen LogP) is 3.18. The summed E-state index contributed by atoms with van der Waals surface area (Å²) in [5.74, 6) is -0.533. The van der Waals surface area contributed by atoms with Crippen molar-refractivity contribution in [3.63, 3.8) is 0 Å². The van der Waals surface area contributed by atoms with Gasteiger partial charge in [-0.3, -0.25) is 9.69 Å². The molecule has 0 aliphatic carbocycles. The van der Waals surface area contributed by atoms with E-state index in [-0.39, 0.29) is 18.3 Å². The average Bonchev–Trinajstić information content (AvgIpc) is 2.96. The van der Waals surface area contributed by atoms with E-state index in [9.17, 15) is 14.0 Å². The van der Waals surface area contributed by atoms with Crippen molar-refractivity contribution in [1.29, 1.82) is 0 Å². The van der Waals surface area contributed by atoms with Crippen molar-refractivity contribution in [1.82, 2.24) is 9.80 Å². The van der Waals surface area contributed by atoms with Crippen molar-refractivity contribution in [3.8, 4) is 0 Å². The van der Waals surface area contributed by atoms with E-state index in [2.05, 4.69) is 0 Å². The number of hydrogen-bond acceptors (Lipinski definition) is 3. The molecular formula is C18H25FN2O3. The maximum absolute atomic E-state index is 13.8. The summed E-state index contributed by atoms with van der Waals surface area (Å²) in [5, 5.41) is 0. The van der Waals surface area contributed by atoms with Gasteiger partial charge in [-0.25, -0.2) is 9.18 Å². The predicted molar refractivity (Wildman–Crippen MR) is 88.8 cm³/mol. The largest absolute Gasteiger partial charge is 0.444 e. The second-order valence-corrected chi connectivity index (χ2v) is 7.12. The molecule has 5 nitrogen and oxygen atoms in total. The van der Waals surface area contributed by atoms with Crippen LogP contribution in [0.15, 0.2) is 24.3 Å². The first kappa shape index (κ1) is 18.2. The normalized spacial score (nSPS) is 17.7. The number of ether oxygens (including phenoxy) is 1. The lowest BCUT2D eigenvalue weighted by Crippen LogP contribution is -2.47. The molecule has 0 bridgehead atoms. The van der Waals surface area contributed by atoms with Crippen LogP contribution in [0.1, 0.15) is 39.2 Å². The van der Waals surface area contributed by atoms with Gasteiger partial charge in [0.2, 0.25) is 5.91 Å². The third-order valence-electron chi connectivity index (χ3n) is 3.91. The maximum Gasteiger partial charge on any atom is 0.410 e. The van der Waals surface area contributed by atoms with Gasteiger partial charge in [0.1, 0.15) is 17.5 Å². The van der Waals surface area contributed by atoms with E-state index in [4.69, 9.17) is 4.74 Å². The van der Waals surface area contributed by atoms with Gasteiger partial charge in [-0.15, -0.1) is 0 Å². The zero-order chi connectivity index (χ0) is 17.9. The lowest BCUT2D eigenvalue weighted by Gasteiger charge is -2.30. The molecule has 0 aromatic heterocycles. The summed E-state index contributed by atoms with van der Waals surface area (Å²) < 4.78 is 19.1. The van der Waals surface area contributed by atoms with Crippen LogP contribution in [0.25, 0.3) is 0 Å². The molecule has 1 aromatic carbocycles. The summed E-state index contributed by atoms with van der Waals surface area (Å²) in [4.78, 5) is 27.9. The van der Waals surface area contributed by atoms with Crippen molar-refractivity contribution in [2.45, 2.75) is 51.8 Å². The standard InChI is InChI=1S/C18H25FN2O3/c1-18(2,3)24-17(23)21-11-7-10-15(21)16(22)20(4)12-13-8-5-6-9-14(13)19/h5-6,8-9,15H,7,10-12H2,1-4H3. The Labute approximate surface area is 142 Å². The molecule has 2 amide bonds. The van der Waals surface area contributed by atoms with Gasteiger partial charge in [-0.2, -0.15) is 0 Å². The Hall–Kier alpha value is -2.11. The molecule has 1 aromatic rings. The number of halogens is 1. The Morgan fingerprint density at radius 3 is 2.62 bits per heavy atom. The zero-order valence-electron chi connectivity index (χ0n) is 14.7. The van der Waals surface area contributed by atoms with Crippen LogP contribution in [0.5, 0.6) is 0 Å². The van der Waals surface area contributed by atoms with Gasteiger partial charge in [-0.1, -0.05) is 18.2 Å². The molecule has 0 N–H and O–H groups in total. The molecule has 1 unspecified atom stereocenters. The molecule has 1 saturated heterocycles. The number of benzene rings is 1. The van der Waals surface area contributed by atoms with E-state index < -0.39 is 17.7 Å². The number of carbonyl (C=O) groups is 2. The van der Waals surface area contributed by atoms with Gasteiger partial charge >= 0.3 is 6.09 Å². The van der Waals surface area contributed by atoms with Crippen molar-refractivity contribution < 1.29 is 18.7 Å². The van der Waals surface area contributed by atoms with E-state index in [0.29, 0.717) is 18.5 Å². The highest BCUT2D eigenvalue weighted by molar-refractivity contribution is 5.86.